The second-order valence-corrected chi connectivity index (χ2v) is 6.43. The van der Waals surface area contributed by atoms with E-state index in [9.17, 15) is 4.79 Å². The number of halogens is 1. The van der Waals surface area contributed by atoms with Crippen molar-refractivity contribution < 1.29 is 4.79 Å². The molecule has 2 rings (SSSR count). The second kappa shape index (κ2) is 5.71. The fourth-order valence-electron chi connectivity index (χ4n) is 1.37. The summed E-state index contributed by atoms with van der Waals surface area (Å²) in [5, 5.41) is 4.75. The first-order valence-corrected chi connectivity index (χ1v) is 7.79. The van der Waals surface area contributed by atoms with Gasteiger partial charge in [0.05, 0.1) is 15.0 Å². The van der Waals surface area contributed by atoms with Crippen LogP contribution in [-0.2, 0) is 0 Å². The zero-order chi connectivity index (χ0) is 12.3. The number of carbonyl (C=O) groups is 1. The largest absolute Gasteiger partial charge is 0.321 e. The van der Waals surface area contributed by atoms with E-state index in [1.54, 1.807) is 11.8 Å². The van der Waals surface area contributed by atoms with Crippen molar-refractivity contribution in [3.8, 4) is 0 Å². The summed E-state index contributed by atoms with van der Waals surface area (Å²) in [6, 6.07) is 9.60. The average Bonchev–Trinajstić information content (AvgIpc) is 2.77. The molecule has 0 aliphatic carbocycles. The molecular weight excluding hydrogens is 318 g/mol. The lowest BCUT2D eigenvalue weighted by Gasteiger charge is -2.07. The van der Waals surface area contributed by atoms with Gasteiger partial charge in [-0.25, -0.2) is 0 Å². The summed E-state index contributed by atoms with van der Waals surface area (Å²) in [7, 11) is 0. The molecule has 1 aromatic carbocycles. The van der Waals surface area contributed by atoms with E-state index in [2.05, 4.69) is 21.2 Å². The van der Waals surface area contributed by atoms with Crippen LogP contribution in [0.25, 0.3) is 0 Å². The van der Waals surface area contributed by atoms with Crippen LogP contribution in [0, 0.1) is 0 Å². The Morgan fingerprint density at radius 1 is 1.41 bits per heavy atom. The maximum atomic E-state index is 12.0. The Morgan fingerprint density at radius 2 is 2.18 bits per heavy atom. The van der Waals surface area contributed by atoms with Crippen LogP contribution in [0.3, 0.4) is 0 Å². The van der Waals surface area contributed by atoms with Gasteiger partial charge >= 0.3 is 0 Å². The van der Waals surface area contributed by atoms with Crippen LogP contribution >= 0.6 is 39.0 Å². The molecule has 1 amide bonds. The van der Waals surface area contributed by atoms with Crippen molar-refractivity contribution in [3.05, 3.63) is 45.1 Å². The standard InChI is InChI=1S/C12H10BrNOS2/c1-16-10-5-3-2-4-9(10)14-12(15)8-6-11(13)17-7-8/h2-7H,1H3,(H,14,15). The zero-order valence-electron chi connectivity index (χ0n) is 9.07. The molecule has 0 saturated carbocycles. The number of amides is 1. The van der Waals surface area contributed by atoms with Gasteiger partial charge in [0.2, 0.25) is 0 Å². The molecule has 0 unspecified atom stereocenters. The third-order valence-corrected chi connectivity index (χ3v) is 4.49. The van der Waals surface area contributed by atoms with Crippen LogP contribution in [0.1, 0.15) is 10.4 Å². The molecule has 0 fully saturated rings. The minimum Gasteiger partial charge on any atom is -0.321 e. The minimum absolute atomic E-state index is 0.0755. The van der Waals surface area contributed by atoms with Crippen molar-refractivity contribution in [2.24, 2.45) is 0 Å². The van der Waals surface area contributed by atoms with Crippen LogP contribution in [0.4, 0.5) is 5.69 Å². The molecule has 0 radical (unpaired) electrons. The van der Waals surface area contributed by atoms with E-state index in [0.29, 0.717) is 5.56 Å². The highest BCUT2D eigenvalue weighted by molar-refractivity contribution is 9.11. The molecule has 1 N–H and O–H groups in total. The molecular formula is C12H10BrNOS2. The van der Waals surface area contributed by atoms with E-state index in [1.807, 2.05) is 42.0 Å². The first kappa shape index (κ1) is 12.7. The van der Waals surface area contributed by atoms with Crippen molar-refractivity contribution in [1.29, 1.82) is 0 Å². The Labute approximate surface area is 117 Å². The van der Waals surface area contributed by atoms with E-state index in [1.165, 1.54) is 11.3 Å². The Hall–Kier alpha value is -0.780. The molecule has 0 saturated heterocycles. The summed E-state index contributed by atoms with van der Waals surface area (Å²) < 4.78 is 0.959. The lowest BCUT2D eigenvalue weighted by molar-refractivity contribution is 0.102. The fourth-order valence-corrected chi connectivity index (χ4v) is 3.06. The summed E-state index contributed by atoms with van der Waals surface area (Å²) in [4.78, 5) is 13.0. The van der Waals surface area contributed by atoms with Gasteiger partial charge in [0.25, 0.3) is 5.91 Å². The predicted molar refractivity (Wildman–Crippen MR) is 78.2 cm³/mol. The summed E-state index contributed by atoms with van der Waals surface area (Å²) in [6.07, 6.45) is 1.99. The number of thiophene rings is 1. The molecule has 0 spiro atoms. The maximum Gasteiger partial charge on any atom is 0.256 e. The number of hydrogen-bond donors (Lipinski definition) is 1. The number of hydrogen-bond acceptors (Lipinski definition) is 3. The van der Waals surface area contributed by atoms with Gasteiger partial charge in [0.1, 0.15) is 0 Å². The number of carbonyl (C=O) groups excluding carboxylic acids is 1. The quantitative estimate of drug-likeness (QED) is 0.842. The molecule has 0 atom stereocenters. The van der Waals surface area contributed by atoms with Crippen LogP contribution in [0.2, 0.25) is 0 Å². The molecule has 0 aliphatic heterocycles. The number of para-hydroxylation sites is 1. The number of rotatable bonds is 3. The van der Waals surface area contributed by atoms with Crippen LogP contribution in [0.5, 0.6) is 0 Å². The molecule has 2 nitrogen and oxygen atoms in total. The number of anilines is 1. The Bertz CT molecular complexity index is 539. The number of benzene rings is 1. The summed E-state index contributed by atoms with van der Waals surface area (Å²) in [5.41, 5.74) is 1.53. The van der Waals surface area contributed by atoms with Crippen LogP contribution < -0.4 is 5.32 Å². The van der Waals surface area contributed by atoms with E-state index in [0.717, 1.165) is 14.4 Å². The highest BCUT2D eigenvalue weighted by Gasteiger charge is 2.09. The van der Waals surface area contributed by atoms with Crippen LogP contribution in [0.15, 0.2) is 44.4 Å². The highest BCUT2D eigenvalue weighted by Crippen LogP contribution is 2.26. The van der Waals surface area contributed by atoms with Gasteiger partial charge < -0.3 is 5.32 Å². The lowest BCUT2D eigenvalue weighted by atomic mass is 10.3. The third-order valence-electron chi connectivity index (χ3n) is 2.18. The molecule has 88 valence electrons. The zero-order valence-corrected chi connectivity index (χ0v) is 12.3. The molecule has 17 heavy (non-hydrogen) atoms. The van der Waals surface area contributed by atoms with Gasteiger partial charge in [-0.3, -0.25) is 4.79 Å². The molecule has 1 heterocycles. The predicted octanol–water partition coefficient (Wildman–Crippen LogP) is 4.48. The van der Waals surface area contributed by atoms with E-state index < -0.39 is 0 Å². The van der Waals surface area contributed by atoms with Gasteiger partial charge in [0.15, 0.2) is 0 Å². The topological polar surface area (TPSA) is 29.1 Å². The van der Waals surface area contributed by atoms with E-state index in [4.69, 9.17) is 0 Å². The van der Waals surface area contributed by atoms with E-state index in [-0.39, 0.29) is 5.91 Å². The van der Waals surface area contributed by atoms with Gasteiger partial charge in [-0.15, -0.1) is 23.1 Å². The first-order valence-electron chi connectivity index (χ1n) is 4.89. The number of nitrogens with one attached hydrogen (secondary N) is 1. The Morgan fingerprint density at radius 3 is 2.82 bits per heavy atom. The SMILES string of the molecule is CSc1ccccc1NC(=O)c1csc(Br)c1. The summed E-state index contributed by atoms with van der Waals surface area (Å²) in [5.74, 6) is -0.0755. The normalized spacial score (nSPS) is 10.2. The summed E-state index contributed by atoms with van der Waals surface area (Å²) in [6.45, 7) is 0. The fraction of sp³-hybridized carbons (Fsp3) is 0.0833. The monoisotopic (exact) mass is 327 g/mol. The van der Waals surface area contributed by atoms with Gasteiger partial charge in [-0.05, 0) is 40.4 Å². The van der Waals surface area contributed by atoms with Crippen molar-refractivity contribution in [2.45, 2.75) is 4.90 Å². The third kappa shape index (κ3) is 3.12. The van der Waals surface area contributed by atoms with Gasteiger partial charge in [0, 0.05) is 10.3 Å². The van der Waals surface area contributed by atoms with Crippen molar-refractivity contribution in [2.75, 3.05) is 11.6 Å². The molecule has 5 heteroatoms. The Kier molecular flexibility index (Phi) is 4.25. The molecule has 1 aromatic heterocycles. The minimum atomic E-state index is -0.0755. The highest BCUT2D eigenvalue weighted by atomic mass is 79.9. The molecule has 2 aromatic rings. The van der Waals surface area contributed by atoms with E-state index >= 15 is 0 Å². The Balaban J connectivity index is 2.18. The summed E-state index contributed by atoms with van der Waals surface area (Å²) >= 11 is 6.47. The molecule has 0 bridgehead atoms. The maximum absolute atomic E-state index is 12.0. The molecule has 0 aliphatic rings. The van der Waals surface area contributed by atoms with Crippen molar-refractivity contribution >= 4 is 50.6 Å². The number of thioether (sulfide) groups is 1. The van der Waals surface area contributed by atoms with Crippen LogP contribution in [-0.4, -0.2) is 12.2 Å². The first-order chi connectivity index (χ1) is 8.20. The van der Waals surface area contributed by atoms with Crippen molar-refractivity contribution in [1.82, 2.24) is 0 Å². The van der Waals surface area contributed by atoms with Gasteiger partial charge in [-0.2, -0.15) is 0 Å². The van der Waals surface area contributed by atoms with Crippen molar-refractivity contribution in [3.63, 3.8) is 0 Å². The second-order valence-electron chi connectivity index (χ2n) is 3.29. The lowest BCUT2D eigenvalue weighted by Crippen LogP contribution is -2.11. The average molecular weight is 328 g/mol. The van der Waals surface area contributed by atoms with Gasteiger partial charge in [-0.1, -0.05) is 12.1 Å². The smallest absolute Gasteiger partial charge is 0.256 e.